The third-order valence-corrected chi connectivity index (χ3v) is 2.82. The maximum atomic E-state index is 9.03. The van der Waals surface area contributed by atoms with Crippen molar-refractivity contribution in [2.45, 2.75) is 32.8 Å². The summed E-state index contributed by atoms with van der Waals surface area (Å²) in [6.07, 6.45) is 0. The third-order valence-electron chi connectivity index (χ3n) is 2.82. The van der Waals surface area contributed by atoms with E-state index in [1.54, 1.807) is 0 Å². The molecule has 1 aromatic heterocycles. The number of furan rings is 1. The molecule has 0 unspecified atom stereocenters. The number of benzene rings is 1. The molecule has 1 aromatic carbocycles. The molecule has 0 aliphatic heterocycles. The minimum Gasteiger partial charge on any atom is -0.459 e. The van der Waals surface area contributed by atoms with Gasteiger partial charge in [-0.25, -0.2) is 0 Å². The number of aliphatic hydroxyl groups excluding tert-OH is 1. The van der Waals surface area contributed by atoms with Crippen molar-refractivity contribution in [1.29, 1.82) is 0 Å². The highest BCUT2D eigenvalue weighted by atomic mass is 16.4. The molecule has 0 atom stereocenters. The minimum atomic E-state index is -0.0579. The van der Waals surface area contributed by atoms with Gasteiger partial charge in [0.25, 0.3) is 0 Å². The van der Waals surface area contributed by atoms with E-state index < -0.39 is 0 Å². The Bertz CT molecular complexity index is 504. The average Bonchev–Trinajstić information content (AvgIpc) is 2.76. The maximum Gasteiger partial charge on any atom is 0.134 e. The van der Waals surface area contributed by atoms with E-state index in [1.165, 1.54) is 5.56 Å². The standard InChI is InChI=1S/C15H18O2/c1-15(2,3)13-7-5-4-6-12(13)14-9-8-11(10-16)17-14/h4-9,16H,10H2,1-3H3. The Labute approximate surface area is 102 Å². The van der Waals surface area contributed by atoms with Gasteiger partial charge in [0.2, 0.25) is 0 Å². The first-order chi connectivity index (χ1) is 8.02. The van der Waals surface area contributed by atoms with Crippen LogP contribution in [0.2, 0.25) is 0 Å². The fourth-order valence-electron chi connectivity index (χ4n) is 1.96. The van der Waals surface area contributed by atoms with Gasteiger partial charge in [0.1, 0.15) is 18.1 Å². The normalized spacial score (nSPS) is 11.8. The number of aliphatic hydroxyl groups is 1. The van der Waals surface area contributed by atoms with Crippen LogP contribution >= 0.6 is 0 Å². The summed E-state index contributed by atoms with van der Waals surface area (Å²) < 4.78 is 5.60. The molecule has 1 heterocycles. The summed E-state index contributed by atoms with van der Waals surface area (Å²) in [7, 11) is 0. The second-order valence-corrected chi connectivity index (χ2v) is 5.22. The van der Waals surface area contributed by atoms with Crippen molar-refractivity contribution in [2.75, 3.05) is 0 Å². The molecule has 0 saturated carbocycles. The van der Waals surface area contributed by atoms with Crippen molar-refractivity contribution in [3.05, 3.63) is 47.7 Å². The quantitative estimate of drug-likeness (QED) is 0.852. The minimum absolute atomic E-state index is 0.0579. The molecule has 2 aromatic rings. The van der Waals surface area contributed by atoms with E-state index in [4.69, 9.17) is 9.52 Å². The smallest absolute Gasteiger partial charge is 0.134 e. The Morgan fingerprint density at radius 1 is 1.06 bits per heavy atom. The lowest BCUT2D eigenvalue weighted by molar-refractivity contribution is 0.248. The highest BCUT2D eigenvalue weighted by Crippen LogP contribution is 2.33. The van der Waals surface area contributed by atoms with Crippen LogP contribution in [-0.4, -0.2) is 5.11 Å². The molecule has 0 bridgehead atoms. The highest BCUT2D eigenvalue weighted by molar-refractivity contribution is 5.64. The van der Waals surface area contributed by atoms with Crippen molar-refractivity contribution in [3.63, 3.8) is 0 Å². The summed E-state index contributed by atoms with van der Waals surface area (Å²) >= 11 is 0. The molecule has 0 aliphatic carbocycles. The van der Waals surface area contributed by atoms with E-state index in [1.807, 2.05) is 24.3 Å². The van der Waals surface area contributed by atoms with Gasteiger partial charge in [-0.2, -0.15) is 0 Å². The van der Waals surface area contributed by atoms with Crippen LogP contribution in [0, 0.1) is 0 Å². The zero-order valence-electron chi connectivity index (χ0n) is 10.5. The largest absolute Gasteiger partial charge is 0.459 e. The lowest BCUT2D eigenvalue weighted by atomic mass is 9.83. The molecule has 17 heavy (non-hydrogen) atoms. The van der Waals surface area contributed by atoms with Crippen molar-refractivity contribution in [2.24, 2.45) is 0 Å². The van der Waals surface area contributed by atoms with Crippen LogP contribution in [-0.2, 0) is 12.0 Å². The summed E-state index contributed by atoms with van der Waals surface area (Å²) in [5, 5.41) is 9.03. The van der Waals surface area contributed by atoms with Crippen molar-refractivity contribution >= 4 is 0 Å². The predicted octanol–water partition coefficient (Wildman–Crippen LogP) is 3.74. The van der Waals surface area contributed by atoms with Gasteiger partial charge in [-0.1, -0.05) is 45.0 Å². The molecule has 1 N–H and O–H groups in total. The Balaban J connectivity index is 2.52. The van der Waals surface area contributed by atoms with Gasteiger partial charge in [0, 0.05) is 5.56 Å². The van der Waals surface area contributed by atoms with Gasteiger partial charge in [-0.3, -0.25) is 0 Å². The highest BCUT2D eigenvalue weighted by Gasteiger charge is 2.19. The van der Waals surface area contributed by atoms with Gasteiger partial charge in [0.15, 0.2) is 0 Å². The Kier molecular flexibility index (Phi) is 3.07. The molecule has 0 aliphatic rings. The number of hydrogen-bond donors (Lipinski definition) is 1. The average molecular weight is 230 g/mol. The molecule has 0 spiro atoms. The van der Waals surface area contributed by atoms with E-state index >= 15 is 0 Å². The van der Waals surface area contributed by atoms with Gasteiger partial charge < -0.3 is 9.52 Å². The molecule has 2 rings (SSSR count). The van der Waals surface area contributed by atoms with Crippen molar-refractivity contribution in [1.82, 2.24) is 0 Å². The Morgan fingerprint density at radius 3 is 2.35 bits per heavy atom. The topological polar surface area (TPSA) is 33.4 Å². The maximum absolute atomic E-state index is 9.03. The lowest BCUT2D eigenvalue weighted by Gasteiger charge is -2.21. The van der Waals surface area contributed by atoms with Crippen LogP contribution in [0.15, 0.2) is 40.8 Å². The summed E-state index contributed by atoms with van der Waals surface area (Å²) in [6.45, 7) is 6.49. The fourth-order valence-corrected chi connectivity index (χ4v) is 1.96. The summed E-state index contributed by atoms with van der Waals surface area (Å²) in [5.74, 6) is 1.42. The van der Waals surface area contributed by atoms with Crippen LogP contribution < -0.4 is 0 Å². The molecule has 2 heteroatoms. The van der Waals surface area contributed by atoms with Gasteiger partial charge in [0.05, 0.1) is 0 Å². The molecule has 0 amide bonds. The number of hydrogen-bond acceptors (Lipinski definition) is 2. The zero-order chi connectivity index (χ0) is 12.5. The van der Waals surface area contributed by atoms with E-state index in [0.29, 0.717) is 5.76 Å². The van der Waals surface area contributed by atoms with Crippen molar-refractivity contribution < 1.29 is 9.52 Å². The first-order valence-corrected chi connectivity index (χ1v) is 5.82. The summed E-state index contributed by atoms with van der Waals surface area (Å²) in [4.78, 5) is 0. The molecular weight excluding hydrogens is 212 g/mol. The first kappa shape index (κ1) is 11.9. The lowest BCUT2D eigenvalue weighted by Crippen LogP contribution is -2.12. The van der Waals surface area contributed by atoms with Gasteiger partial charge in [-0.15, -0.1) is 0 Å². The van der Waals surface area contributed by atoms with Crippen LogP contribution in [0.25, 0.3) is 11.3 Å². The third kappa shape index (κ3) is 2.42. The summed E-state index contributed by atoms with van der Waals surface area (Å²) in [5.41, 5.74) is 2.42. The predicted molar refractivity (Wildman–Crippen MR) is 68.8 cm³/mol. The van der Waals surface area contributed by atoms with Gasteiger partial charge in [-0.05, 0) is 23.1 Å². The van der Waals surface area contributed by atoms with E-state index in [9.17, 15) is 0 Å². The molecule has 0 saturated heterocycles. The monoisotopic (exact) mass is 230 g/mol. The molecule has 0 fully saturated rings. The van der Waals surface area contributed by atoms with Crippen LogP contribution in [0.5, 0.6) is 0 Å². The van der Waals surface area contributed by atoms with E-state index in [-0.39, 0.29) is 12.0 Å². The fraction of sp³-hybridized carbons (Fsp3) is 0.333. The zero-order valence-corrected chi connectivity index (χ0v) is 10.5. The molecule has 2 nitrogen and oxygen atoms in total. The molecular formula is C15H18O2. The summed E-state index contributed by atoms with van der Waals surface area (Å²) in [6, 6.07) is 12.0. The number of rotatable bonds is 2. The van der Waals surface area contributed by atoms with E-state index in [0.717, 1.165) is 11.3 Å². The van der Waals surface area contributed by atoms with Crippen LogP contribution in [0.3, 0.4) is 0 Å². The molecule has 0 radical (unpaired) electrons. The Hall–Kier alpha value is -1.54. The van der Waals surface area contributed by atoms with Crippen LogP contribution in [0.1, 0.15) is 32.1 Å². The van der Waals surface area contributed by atoms with E-state index in [2.05, 4.69) is 32.9 Å². The Morgan fingerprint density at radius 2 is 1.76 bits per heavy atom. The SMILES string of the molecule is CC(C)(C)c1ccccc1-c1ccc(CO)o1. The van der Waals surface area contributed by atoms with Crippen LogP contribution in [0.4, 0.5) is 0 Å². The first-order valence-electron chi connectivity index (χ1n) is 5.82. The second-order valence-electron chi connectivity index (χ2n) is 5.22. The van der Waals surface area contributed by atoms with Gasteiger partial charge >= 0.3 is 0 Å². The second kappa shape index (κ2) is 4.38. The molecule has 90 valence electrons. The van der Waals surface area contributed by atoms with Crippen molar-refractivity contribution in [3.8, 4) is 11.3 Å².